The molecule has 2 nitrogen and oxygen atoms in total. The summed E-state index contributed by atoms with van der Waals surface area (Å²) in [6, 6.07) is 2.24. The maximum Gasteiger partial charge on any atom is 0.157 e. The number of nitrogens with zero attached hydrogens (tertiary/aromatic N) is 1. The fourth-order valence-corrected chi connectivity index (χ4v) is 3.04. The second-order valence-electron chi connectivity index (χ2n) is 2.99. The summed E-state index contributed by atoms with van der Waals surface area (Å²) in [5, 5.41) is 6.55. The van der Waals surface area contributed by atoms with Crippen LogP contribution >= 0.6 is 23.1 Å². The van der Waals surface area contributed by atoms with E-state index in [4.69, 9.17) is 0 Å². The van der Waals surface area contributed by atoms with E-state index in [1.807, 2.05) is 11.3 Å². The molecule has 2 rings (SSSR count). The third-order valence-electron chi connectivity index (χ3n) is 1.78. The monoisotopic (exact) mass is 212 g/mol. The number of thiophene rings is 1. The molecule has 0 saturated carbocycles. The van der Waals surface area contributed by atoms with Crippen LogP contribution in [0, 0.1) is 6.92 Å². The predicted molar refractivity (Wildman–Crippen MR) is 60.7 cm³/mol. The number of thioether (sulfide) groups is 1. The van der Waals surface area contributed by atoms with Gasteiger partial charge in [0.15, 0.2) is 5.17 Å². The summed E-state index contributed by atoms with van der Waals surface area (Å²) in [5.41, 5.74) is 1.36. The first-order chi connectivity index (χ1) is 6.34. The molecule has 0 aliphatic carbocycles. The topological polar surface area (TPSA) is 24.4 Å². The Hall–Kier alpha value is -0.480. The first-order valence-electron chi connectivity index (χ1n) is 4.30. The second-order valence-corrected chi connectivity index (χ2v) is 4.95. The van der Waals surface area contributed by atoms with Crippen LogP contribution < -0.4 is 5.32 Å². The van der Waals surface area contributed by atoms with Crippen LogP contribution in [-0.4, -0.2) is 18.3 Å². The number of amidine groups is 1. The Morgan fingerprint density at radius 3 is 3.23 bits per heavy atom. The number of aryl methyl sites for hydroxylation is 1. The van der Waals surface area contributed by atoms with Crippen molar-refractivity contribution in [2.75, 3.05) is 13.1 Å². The van der Waals surface area contributed by atoms with Crippen LogP contribution in [0.1, 0.15) is 10.4 Å². The highest BCUT2D eigenvalue weighted by molar-refractivity contribution is 8.13. The van der Waals surface area contributed by atoms with E-state index in [0.717, 1.165) is 24.0 Å². The van der Waals surface area contributed by atoms with Crippen molar-refractivity contribution in [3.8, 4) is 0 Å². The Balaban J connectivity index is 1.85. The van der Waals surface area contributed by atoms with Crippen molar-refractivity contribution < 1.29 is 0 Å². The lowest BCUT2D eigenvalue weighted by molar-refractivity contribution is 0.963. The van der Waals surface area contributed by atoms with E-state index >= 15 is 0 Å². The zero-order valence-electron chi connectivity index (χ0n) is 7.54. The molecule has 0 aromatic carbocycles. The molecule has 0 amide bonds. The van der Waals surface area contributed by atoms with Gasteiger partial charge in [0.1, 0.15) is 0 Å². The Morgan fingerprint density at radius 2 is 2.62 bits per heavy atom. The van der Waals surface area contributed by atoms with E-state index in [2.05, 4.69) is 28.7 Å². The summed E-state index contributed by atoms with van der Waals surface area (Å²) >= 11 is 3.63. The molecule has 0 bridgehead atoms. The molecule has 0 radical (unpaired) electrons. The Morgan fingerprint density at radius 1 is 1.69 bits per heavy atom. The van der Waals surface area contributed by atoms with Crippen LogP contribution in [0.5, 0.6) is 0 Å². The van der Waals surface area contributed by atoms with E-state index < -0.39 is 0 Å². The van der Waals surface area contributed by atoms with Gasteiger partial charge in [-0.3, -0.25) is 4.99 Å². The number of nitrogens with one attached hydrogen (secondary N) is 1. The summed E-state index contributed by atoms with van der Waals surface area (Å²) in [6.45, 7) is 4.08. The molecule has 70 valence electrons. The van der Waals surface area contributed by atoms with Crippen molar-refractivity contribution in [3.05, 3.63) is 21.9 Å². The van der Waals surface area contributed by atoms with Gasteiger partial charge in [-0.2, -0.15) is 0 Å². The summed E-state index contributed by atoms with van der Waals surface area (Å²) in [4.78, 5) is 5.76. The number of hydrogen-bond acceptors (Lipinski definition) is 4. The minimum Gasteiger partial charge on any atom is -0.363 e. The molecule has 1 aliphatic rings. The van der Waals surface area contributed by atoms with Gasteiger partial charge in [-0.15, -0.1) is 11.3 Å². The van der Waals surface area contributed by atoms with Crippen LogP contribution in [0.3, 0.4) is 0 Å². The highest BCUT2D eigenvalue weighted by atomic mass is 32.2. The van der Waals surface area contributed by atoms with Crippen molar-refractivity contribution >= 4 is 28.3 Å². The van der Waals surface area contributed by atoms with Gasteiger partial charge < -0.3 is 5.32 Å². The lowest BCUT2D eigenvalue weighted by atomic mass is 10.4. The SMILES string of the molecule is Cc1csc(CSC2=NCCN2)c1. The van der Waals surface area contributed by atoms with Crippen molar-refractivity contribution in [1.82, 2.24) is 5.32 Å². The molecular weight excluding hydrogens is 200 g/mol. The molecule has 0 atom stereocenters. The zero-order valence-corrected chi connectivity index (χ0v) is 9.17. The van der Waals surface area contributed by atoms with E-state index in [1.165, 1.54) is 10.4 Å². The molecule has 0 spiro atoms. The number of aliphatic imine (C=N–C) groups is 1. The zero-order chi connectivity index (χ0) is 9.10. The highest BCUT2D eigenvalue weighted by Crippen LogP contribution is 2.20. The Bertz CT molecular complexity index is 317. The van der Waals surface area contributed by atoms with Crippen molar-refractivity contribution in [3.63, 3.8) is 0 Å². The number of rotatable bonds is 2. The van der Waals surface area contributed by atoms with Gasteiger partial charge >= 0.3 is 0 Å². The van der Waals surface area contributed by atoms with Crippen molar-refractivity contribution in [2.24, 2.45) is 4.99 Å². The molecule has 0 fully saturated rings. The minimum atomic E-state index is 0.936. The van der Waals surface area contributed by atoms with Gasteiger partial charge in [-0.05, 0) is 23.9 Å². The van der Waals surface area contributed by atoms with Crippen LogP contribution in [-0.2, 0) is 5.75 Å². The molecule has 1 N–H and O–H groups in total. The third kappa shape index (κ3) is 2.48. The second kappa shape index (κ2) is 4.15. The quantitative estimate of drug-likeness (QED) is 0.813. The van der Waals surface area contributed by atoms with Gasteiger partial charge in [-0.1, -0.05) is 11.8 Å². The molecule has 1 aromatic heterocycles. The van der Waals surface area contributed by atoms with E-state index in [0.29, 0.717) is 0 Å². The number of hydrogen-bond donors (Lipinski definition) is 1. The average molecular weight is 212 g/mol. The molecule has 1 aromatic rings. The third-order valence-corrected chi connectivity index (χ3v) is 4.02. The van der Waals surface area contributed by atoms with E-state index in [-0.39, 0.29) is 0 Å². The Labute approximate surface area is 86.5 Å². The maximum atomic E-state index is 4.33. The molecule has 2 heterocycles. The lowest BCUT2D eigenvalue weighted by Crippen LogP contribution is -2.14. The van der Waals surface area contributed by atoms with Gasteiger partial charge in [0.25, 0.3) is 0 Å². The highest BCUT2D eigenvalue weighted by Gasteiger charge is 2.06. The average Bonchev–Trinajstić information content (AvgIpc) is 2.71. The van der Waals surface area contributed by atoms with Gasteiger partial charge in [0.2, 0.25) is 0 Å². The minimum absolute atomic E-state index is 0.936. The van der Waals surface area contributed by atoms with E-state index in [1.54, 1.807) is 11.8 Å². The van der Waals surface area contributed by atoms with Crippen LogP contribution in [0.4, 0.5) is 0 Å². The lowest BCUT2D eigenvalue weighted by Gasteiger charge is -1.98. The fraction of sp³-hybridized carbons (Fsp3) is 0.444. The van der Waals surface area contributed by atoms with E-state index in [9.17, 15) is 0 Å². The molecular formula is C9H12N2S2. The van der Waals surface area contributed by atoms with Crippen molar-refractivity contribution in [2.45, 2.75) is 12.7 Å². The van der Waals surface area contributed by atoms with Gasteiger partial charge in [-0.25, -0.2) is 0 Å². The largest absolute Gasteiger partial charge is 0.363 e. The summed E-state index contributed by atoms with van der Waals surface area (Å²) in [6.07, 6.45) is 0. The molecule has 4 heteroatoms. The molecule has 0 unspecified atom stereocenters. The first-order valence-corrected chi connectivity index (χ1v) is 6.16. The van der Waals surface area contributed by atoms with Gasteiger partial charge in [0.05, 0.1) is 6.54 Å². The van der Waals surface area contributed by atoms with Gasteiger partial charge in [0, 0.05) is 17.2 Å². The normalized spacial score (nSPS) is 15.6. The molecule has 13 heavy (non-hydrogen) atoms. The molecule has 0 saturated heterocycles. The van der Waals surface area contributed by atoms with Crippen LogP contribution in [0.15, 0.2) is 16.4 Å². The first kappa shape index (κ1) is 9.09. The Kier molecular flexibility index (Phi) is 2.90. The summed E-state index contributed by atoms with van der Waals surface area (Å²) < 4.78 is 0. The van der Waals surface area contributed by atoms with Crippen LogP contribution in [0.2, 0.25) is 0 Å². The van der Waals surface area contributed by atoms with Crippen LogP contribution in [0.25, 0.3) is 0 Å². The predicted octanol–water partition coefficient (Wildman–Crippen LogP) is 2.25. The molecule has 1 aliphatic heterocycles. The van der Waals surface area contributed by atoms with Crippen molar-refractivity contribution in [1.29, 1.82) is 0 Å². The smallest absolute Gasteiger partial charge is 0.157 e. The standard InChI is InChI=1S/C9H12N2S2/c1-7-4-8(12-5-7)6-13-9-10-2-3-11-9/h4-5H,2-3,6H2,1H3,(H,10,11). The summed E-state index contributed by atoms with van der Waals surface area (Å²) in [7, 11) is 0. The fourth-order valence-electron chi connectivity index (χ4n) is 1.18. The summed E-state index contributed by atoms with van der Waals surface area (Å²) in [5.74, 6) is 1.05. The maximum absolute atomic E-state index is 4.33.